The first kappa shape index (κ1) is 26.0. The number of fused-ring (bicyclic) bond motifs is 1. The van der Waals surface area contributed by atoms with Crippen LogP contribution in [-0.2, 0) is 23.1 Å². The summed E-state index contributed by atoms with van der Waals surface area (Å²) < 4.78 is 12.9. The van der Waals surface area contributed by atoms with Gasteiger partial charge >= 0.3 is 5.97 Å². The third-order valence-electron chi connectivity index (χ3n) is 7.31. The summed E-state index contributed by atoms with van der Waals surface area (Å²) in [5, 5.41) is 10.4. The van der Waals surface area contributed by atoms with Crippen molar-refractivity contribution in [3.05, 3.63) is 42.0 Å². The van der Waals surface area contributed by atoms with Crippen molar-refractivity contribution in [1.82, 2.24) is 19.4 Å². The predicted octanol–water partition coefficient (Wildman–Crippen LogP) is 1.84. The highest BCUT2D eigenvalue weighted by molar-refractivity contribution is 5.79. The maximum atomic E-state index is 13.3. The Labute approximate surface area is 212 Å². The summed E-state index contributed by atoms with van der Waals surface area (Å²) in [6.07, 6.45) is 6.73. The lowest BCUT2D eigenvalue weighted by Gasteiger charge is -2.29. The van der Waals surface area contributed by atoms with Crippen molar-refractivity contribution < 1.29 is 24.2 Å². The van der Waals surface area contributed by atoms with Crippen molar-refractivity contribution >= 4 is 11.9 Å². The average molecular weight is 500 g/mol. The third-order valence-corrected chi connectivity index (χ3v) is 7.31. The molecule has 0 aliphatic carbocycles. The van der Waals surface area contributed by atoms with E-state index in [0.717, 1.165) is 24.2 Å². The summed E-state index contributed by atoms with van der Waals surface area (Å²) in [6, 6.07) is 5.31. The zero-order valence-electron chi connectivity index (χ0n) is 21.1. The number of imidazole rings is 1. The number of carbonyl (C=O) groups is 2. The standard InChI is InChI=1S/C26H37N5O5/c1-3-4-11-30(12-9-27)24(32)16-31-15-19(18-5-7-21-22(14-18)36-17-35-21)25(26(33)34)20(31)6-8-23-28-10-13-29(23)2/h5,7,10,13-14,19-20,25H,3-4,6,8-9,11-12,15-17,27H2,1-2H3,(H,33,34). The van der Waals surface area contributed by atoms with Crippen LogP contribution in [0.4, 0.5) is 0 Å². The van der Waals surface area contributed by atoms with Gasteiger partial charge in [-0.15, -0.1) is 0 Å². The van der Waals surface area contributed by atoms with Crippen molar-refractivity contribution in [2.24, 2.45) is 18.7 Å². The number of hydrogen-bond donors (Lipinski definition) is 2. The molecule has 0 saturated carbocycles. The molecule has 0 spiro atoms. The summed E-state index contributed by atoms with van der Waals surface area (Å²) in [4.78, 5) is 34.3. The number of aryl methyl sites for hydroxylation is 2. The van der Waals surface area contributed by atoms with E-state index in [1.165, 1.54) is 0 Å². The highest BCUT2D eigenvalue weighted by Gasteiger charge is 2.47. The fourth-order valence-corrected chi connectivity index (χ4v) is 5.39. The Morgan fingerprint density at radius 1 is 1.25 bits per heavy atom. The lowest BCUT2D eigenvalue weighted by Crippen LogP contribution is -2.45. The van der Waals surface area contributed by atoms with Gasteiger partial charge in [0.2, 0.25) is 12.7 Å². The van der Waals surface area contributed by atoms with Crippen LogP contribution in [0.3, 0.4) is 0 Å². The van der Waals surface area contributed by atoms with Gasteiger partial charge in [0.05, 0.1) is 12.5 Å². The molecule has 1 fully saturated rings. The number of aromatic nitrogens is 2. The van der Waals surface area contributed by atoms with Crippen molar-refractivity contribution in [3.63, 3.8) is 0 Å². The van der Waals surface area contributed by atoms with Gasteiger partial charge in [-0.3, -0.25) is 14.5 Å². The highest BCUT2D eigenvalue weighted by Crippen LogP contribution is 2.43. The van der Waals surface area contributed by atoms with Crippen molar-refractivity contribution in [2.75, 3.05) is 39.5 Å². The first-order chi connectivity index (χ1) is 17.4. The van der Waals surface area contributed by atoms with Gasteiger partial charge in [0.1, 0.15) is 5.82 Å². The predicted molar refractivity (Wildman–Crippen MR) is 134 cm³/mol. The summed E-state index contributed by atoms with van der Waals surface area (Å²) >= 11 is 0. The van der Waals surface area contributed by atoms with E-state index in [2.05, 4.69) is 16.8 Å². The summed E-state index contributed by atoms with van der Waals surface area (Å²) in [5.41, 5.74) is 6.66. The van der Waals surface area contributed by atoms with E-state index in [1.807, 2.05) is 40.9 Å². The Balaban J connectivity index is 1.60. The minimum absolute atomic E-state index is 0.00799. The molecule has 0 bridgehead atoms. The summed E-state index contributed by atoms with van der Waals surface area (Å²) in [7, 11) is 1.93. The van der Waals surface area contributed by atoms with Crippen LogP contribution in [0.15, 0.2) is 30.6 Å². The SMILES string of the molecule is CCCCN(CCN)C(=O)CN1CC(c2ccc3c(c2)OCO3)C(C(=O)O)C1CCc1nccn1C. The van der Waals surface area contributed by atoms with Crippen molar-refractivity contribution in [1.29, 1.82) is 0 Å². The number of ether oxygens (including phenoxy) is 2. The van der Waals surface area contributed by atoms with Crippen LogP contribution in [0, 0.1) is 5.92 Å². The van der Waals surface area contributed by atoms with Crippen LogP contribution in [-0.4, -0.2) is 81.9 Å². The molecule has 2 aromatic rings. The fourth-order valence-electron chi connectivity index (χ4n) is 5.39. The fraction of sp³-hybridized carbons (Fsp3) is 0.577. The normalized spacial score (nSPS) is 21.1. The molecule has 10 nitrogen and oxygen atoms in total. The number of aliphatic carboxylic acids is 1. The lowest BCUT2D eigenvalue weighted by atomic mass is 9.83. The molecule has 2 aliphatic heterocycles. The minimum Gasteiger partial charge on any atom is -0.481 e. The molecule has 36 heavy (non-hydrogen) atoms. The number of benzene rings is 1. The molecule has 1 amide bonds. The number of carboxylic acids is 1. The van der Waals surface area contributed by atoms with Gasteiger partial charge in [0.25, 0.3) is 0 Å². The van der Waals surface area contributed by atoms with E-state index in [-0.39, 0.29) is 31.2 Å². The minimum atomic E-state index is -0.859. The van der Waals surface area contributed by atoms with Crippen LogP contribution in [0.1, 0.15) is 43.5 Å². The number of nitrogens with zero attached hydrogens (tertiary/aromatic N) is 4. The van der Waals surface area contributed by atoms with Crippen molar-refractivity contribution in [2.45, 2.75) is 44.6 Å². The quantitative estimate of drug-likeness (QED) is 0.454. The Bertz CT molecular complexity index is 1060. The van der Waals surface area contributed by atoms with Crippen LogP contribution >= 0.6 is 0 Å². The molecule has 4 rings (SSSR count). The average Bonchev–Trinajstić information content (AvgIpc) is 3.58. The number of rotatable bonds is 12. The van der Waals surface area contributed by atoms with E-state index < -0.39 is 11.9 Å². The molecule has 3 heterocycles. The molecule has 3 unspecified atom stereocenters. The molecule has 1 aromatic heterocycles. The number of hydrogen-bond acceptors (Lipinski definition) is 7. The maximum absolute atomic E-state index is 13.3. The highest BCUT2D eigenvalue weighted by atomic mass is 16.7. The molecular formula is C26H37N5O5. The number of likely N-dealkylation sites (tertiary alicyclic amines) is 1. The zero-order chi connectivity index (χ0) is 25.7. The van der Waals surface area contributed by atoms with E-state index in [4.69, 9.17) is 15.2 Å². The van der Waals surface area contributed by atoms with Crippen LogP contribution < -0.4 is 15.2 Å². The second-order valence-corrected chi connectivity index (χ2v) is 9.60. The first-order valence-corrected chi connectivity index (χ1v) is 12.7. The topological polar surface area (TPSA) is 123 Å². The monoisotopic (exact) mass is 499 g/mol. The van der Waals surface area contributed by atoms with Gasteiger partial charge in [-0.2, -0.15) is 0 Å². The number of amides is 1. The smallest absolute Gasteiger partial charge is 0.308 e. The molecule has 3 N–H and O–H groups in total. The van der Waals surface area contributed by atoms with E-state index in [9.17, 15) is 14.7 Å². The summed E-state index contributed by atoms with van der Waals surface area (Å²) in [6.45, 7) is 4.44. The van der Waals surface area contributed by atoms with Gasteiger partial charge in [-0.05, 0) is 30.5 Å². The van der Waals surface area contributed by atoms with Gasteiger partial charge < -0.3 is 29.8 Å². The molecule has 3 atom stereocenters. The van der Waals surface area contributed by atoms with E-state index in [1.54, 1.807) is 6.20 Å². The Morgan fingerprint density at radius 2 is 2.06 bits per heavy atom. The number of carboxylic acid groups (broad SMARTS) is 1. The molecule has 1 aromatic carbocycles. The second kappa shape index (κ2) is 11.7. The third kappa shape index (κ3) is 5.65. The molecule has 1 saturated heterocycles. The van der Waals surface area contributed by atoms with Crippen LogP contribution in [0.2, 0.25) is 0 Å². The number of carbonyl (C=O) groups excluding carboxylic acids is 1. The van der Waals surface area contributed by atoms with Gasteiger partial charge in [-0.1, -0.05) is 19.4 Å². The number of unbranched alkanes of at least 4 members (excludes halogenated alkanes) is 1. The molecular weight excluding hydrogens is 462 g/mol. The molecule has 0 radical (unpaired) electrons. The zero-order valence-corrected chi connectivity index (χ0v) is 21.1. The second-order valence-electron chi connectivity index (χ2n) is 9.60. The van der Waals surface area contributed by atoms with Gasteiger partial charge in [0.15, 0.2) is 11.5 Å². The van der Waals surface area contributed by atoms with Crippen LogP contribution in [0.25, 0.3) is 0 Å². The Kier molecular flexibility index (Phi) is 8.48. The van der Waals surface area contributed by atoms with Gasteiger partial charge in [-0.25, -0.2) is 4.98 Å². The Morgan fingerprint density at radius 3 is 2.75 bits per heavy atom. The number of nitrogens with two attached hydrogens (primary N) is 1. The lowest BCUT2D eigenvalue weighted by molar-refractivity contribution is -0.143. The van der Waals surface area contributed by atoms with E-state index in [0.29, 0.717) is 50.5 Å². The van der Waals surface area contributed by atoms with Crippen molar-refractivity contribution in [3.8, 4) is 11.5 Å². The maximum Gasteiger partial charge on any atom is 0.308 e. The van der Waals surface area contributed by atoms with Gasteiger partial charge in [0, 0.05) is 64.0 Å². The molecule has 196 valence electrons. The first-order valence-electron chi connectivity index (χ1n) is 12.7. The van der Waals surface area contributed by atoms with E-state index >= 15 is 0 Å². The largest absolute Gasteiger partial charge is 0.481 e. The summed E-state index contributed by atoms with van der Waals surface area (Å²) in [5.74, 6) is 0.366. The van der Waals surface area contributed by atoms with Crippen LogP contribution in [0.5, 0.6) is 11.5 Å². The molecule has 2 aliphatic rings. The Hall–Kier alpha value is -3.11. The molecule has 10 heteroatoms.